The van der Waals surface area contributed by atoms with Crippen molar-refractivity contribution < 1.29 is 18.0 Å². The Hall–Kier alpha value is -3.28. The number of benzene rings is 3. The lowest BCUT2D eigenvalue weighted by Crippen LogP contribution is -2.33. The first-order valence-electron chi connectivity index (χ1n) is 8.79. The minimum absolute atomic E-state index is 0.0666. The molecule has 3 aromatic carbocycles. The van der Waals surface area contributed by atoms with Gasteiger partial charge < -0.3 is 5.32 Å². The van der Waals surface area contributed by atoms with Crippen molar-refractivity contribution in [3.8, 4) is 0 Å². The van der Waals surface area contributed by atoms with Gasteiger partial charge in [-0.15, -0.1) is 0 Å². The Kier molecular flexibility index (Phi) is 4.34. The van der Waals surface area contributed by atoms with E-state index in [4.69, 9.17) is 0 Å². The fourth-order valence-electron chi connectivity index (χ4n) is 3.54. The number of hydrogen-bond donors (Lipinski definition) is 1. The lowest BCUT2D eigenvalue weighted by molar-refractivity contribution is -0.137. The summed E-state index contributed by atoms with van der Waals surface area (Å²) in [4.78, 5) is 14.6. The van der Waals surface area contributed by atoms with Crippen molar-refractivity contribution in [1.29, 1.82) is 0 Å². The minimum Gasteiger partial charge on any atom is -0.361 e. The van der Waals surface area contributed by atoms with Crippen molar-refractivity contribution in [3.63, 3.8) is 0 Å². The van der Waals surface area contributed by atoms with E-state index >= 15 is 0 Å². The zero-order valence-electron chi connectivity index (χ0n) is 15.0. The van der Waals surface area contributed by atoms with Crippen LogP contribution < -0.4 is 10.2 Å². The number of carbonyl (C=O) groups is 1. The summed E-state index contributed by atoms with van der Waals surface area (Å²) >= 11 is 0. The summed E-state index contributed by atoms with van der Waals surface area (Å²) in [5.74, 6) is -0.244. The maximum absolute atomic E-state index is 13.5. The average Bonchev–Trinajstić information content (AvgIpc) is 2.94. The van der Waals surface area contributed by atoms with Crippen LogP contribution in [-0.4, -0.2) is 5.91 Å². The summed E-state index contributed by atoms with van der Waals surface area (Å²) in [6.45, 7) is 1.87. The third kappa shape index (κ3) is 3.01. The van der Waals surface area contributed by atoms with Gasteiger partial charge >= 0.3 is 6.18 Å². The number of amides is 1. The zero-order chi connectivity index (χ0) is 19.9. The molecule has 1 unspecified atom stereocenters. The molecule has 1 atom stereocenters. The fourth-order valence-corrected chi connectivity index (χ4v) is 3.54. The maximum atomic E-state index is 13.5. The number of aryl methyl sites for hydroxylation is 1. The van der Waals surface area contributed by atoms with Gasteiger partial charge in [0.15, 0.2) is 0 Å². The Morgan fingerprint density at radius 2 is 1.54 bits per heavy atom. The molecule has 142 valence electrons. The molecule has 0 bridgehead atoms. The minimum atomic E-state index is -4.50. The molecule has 0 aromatic heterocycles. The van der Waals surface area contributed by atoms with E-state index in [1.807, 2.05) is 19.1 Å². The van der Waals surface area contributed by atoms with Crippen LogP contribution >= 0.6 is 0 Å². The van der Waals surface area contributed by atoms with Crippen molar-refractivity contribution >= 4 is 17.3 Å². The molecule has 4 rings (SSSR count). The van der Waals surface area contributed by atoms with Crippen LogP contribution in [0.1, 0.15) is 33.2 Å². The highest BCUT2D eigenvalue weighted by atomic mass is 19.4. The molecular weight excluding hydrogens is 365 g/mol. The Morgan fingerprint density at radius 1 is 0.893 bits per heavy atom. The lowest BCUT2D eigenvalue weighted by Gasteiger charge is -2.29. The van der Waals surface area contributed by atoms with Gasteiger partial charge in [0.25, 0.3) is 5.91 Å². The third-order valence-electron chi connectivity index (χ3n) is 4.86. The number of nitrogens with one attached hydrogen (secondary N) is 1. The van der Waals surface area contributed by atoms with Crippen molar-refractivity contribution in [3.05, 3.63) is 95.1 Å². The van der Waals surface area contributed by atoms with Gasteiger partial charge in [0, 0.05) is 22.5 Å². The maximum Gasteiger partial charge on any atom is 0.418 e. The summed E-state index contributed by atoms with van der Waals surface area (Å²) < 4.78 is 40.4. The predicted molar refractivity (Wildman–Crippen MR) is 102 cm³/mol. The smallest absolute Gasteiger partial charge is 0.361 e. The van der Waals surface area contributed by atoms with Crippen LogP contribution in [0.25, 0.3) is 0 Å². The van der Waals surface area contributed by atoms with E-state index in [2.05, 4.69) is 5.32 Å². The average molecular weight is 382 g/mol. The van der Waals surface area contributed by atoms with Crippen LogP contribution in [-0.2, 0) is 6.18 Å². The highest BCUT2D eigenvalue weighted by Crippen LogP contribution is 2.41. The number of anilines is 2. The van der Waals surface area contributed by atoms with Gasteiger partial charge in [-0.3, -0.25) is 9.69 Å². The van der Waals surface area contributed by atoms with Crippen LogP contribution in [0.2, 0.25) is 0 Å². The number of halogens is 3. The molecule has 0 spiro atoms. The summed E-state index contributed by atoms with van der Waals surface area (Å²) in [6, 6.07) is 19.6. The van der Waals surface area contributed by atoms with Crippen molar-refractivity contribution in [2.45, 2.75) is 19.3 Å². The standard InChI is InChI=1S/C22H17F3N2O/c1-14-8-2-7-13-19(14)27-20(15-9-3-4-10-16(15)21(27)28)26-18-12-6-5-11-17(18)22(23,24)25/h2-13,20,26H,1H3. The van der Waals surface area contributed by atoms with E-state index in [9.17, 15) is 18.0 Å². The Bertz CT molecular complexity index is 1050. The number of nitrogens with zero attached hydrogens (tertiary/aromatic N) is 1. The Balaban J connectivity index is 1.84. The molecule has 1 amide bonds. The summed E-state index contributed by atoms with van der Waals surface area (Å²) in [5.41, 5.74) is 1.81. The van der Waals surface area contributed by atoms with E-state index in [0.29, 0.717) is 16.8 Å². The number of alkyl halides is 3. The van der Waals surface area contributed by atoms with Gasteiger partial charge in [0.05, 0.1) is 5.56 Å². The molecule has 3 aromatic rings. The van der Waals surface area contributed by atoms with Gasteiger partial charge in [-0.2, -0.15) is 13.2 Å². The molecule has 0 saturated carbocycles. The van der Waals surface area contributed by atoms with Crippen LogP contribution in [0.3, 0.4) is 0 Å². The number of para-hydroxylation sites is 2. The van der Waals surface area contributed by atoms with Gasteiger partial charge in [0.2, 0.25) is 0 Å². The molecular formula is C22H17F3N2O. The molecule has 28 heavy (non-hydrogen) atoms. The molecule has 1 heterocycles. The highest BCUT2D eigenvalue weighted by Gasteiger charge is 2.40. The first kappa shape index (κ1) is 18.1. The van der Waals surface area contributed by atoms with E-state index in [0.717, 1.165) is 11.6 Å². The van der Waals surface area contributed by atoms with Crippen molar-refractivity contribution in [1.82, 2.24) is 0 Å². The van der Waals surface area contributed by atoms with Crippen LogP contribution in [0.4, 0.5) is 24.5 Å². The number of carbonyl (C=O) groups excluding carboxylic acids is 1. The fraction of sp³-hybridized carbons (Fsp3) is 0.136. The second-order valence-electron chi connectivity index (χ2n) is 6.64. The van der Waals surface area contributed by atoms with Gasteiger partial charge in [0.1, 0.15) is 6.17 Å². The molecule has 1 aliphatic heterocycles. The largest absolute Gasteiger partial charge is 0.418 e. The first-order chi connectivity index (χ1) is 13.4. The molecule has 0 aliphatic carbocycles. The normalized spacial score (nSPS) is 16.2. The van der Waals surface area contributed by atoms with Gasteiger partial charge in [-0.1, -0.05) is 48.5 Å². The number of rotatable bonds is 3. The lowest BCUT2D eigenvalue weighted by atomic mass is 10.1. The van der Waals surface area contributed by atoms with Gasteiger partial charge in [-0.05, 0) is 36.8 Å². The van der Waals surface area contributed by atoms with Crippen molar-refractivity contribution in [2.75, 3.05) is 10.2 Å². The molecule has 0 radical (unpaired) electrons. The zero-order valence-corrected chi connectivity index (χ0v) is 15.0. The summed E-state index contributed by atoms with van der Waals surface area (Å²) in [6.07, 6.45) is -5.24. The molecule has 0 fully saturated rings. The second-order valence-corrected chi connectivity index (χ2v) is 6.64. The molecule has 0 saturated heterocycles. The topological polar surface area (TPSA) is 32.3 Å². The molecule has 1 aliphatic rings. The van der Waals surface area contributed by atoms with E-state index in [1.165, 1.54) is 17.0 Å². The van der Waals surface area contributed by atoms with Crippen LogP contribution in [0.5, 0.6) is 0 Å². The second kappa shape index (κ2) is 6.71. The number of fused-ring (bicyclic) bond motifs is 1. The number of hydrogen-bond acceptors (Lipinski definition) is 2. The third-order valence-corrected chi connectivity index (χ3v) is 4.86. The monoisotopic (exact) mass is 382 g/mol. The van der Waals surface area contributed by atoms with E-state index in [-0.39, 0.29) is 11.6 Å². The van der Waals surface area contributed by atoms with Crippen LogP contribution in [0.15, 0.2) is 72.8 Å². The van der Waals surface area contributed by atoms with E-state index in [1.54, 1.807) is 42.5 Å². The van der Waals surface area contributed by atoms with Crippen molar-refractivity contribution in [2.24, 2.45) is 0 Å². The summed E-state index contributed by atoms with van der Waals surface area (Å²) in [5, 5.41) is 2.96. The first-order valence-corrected chi connectivity index (χ1v) is 8.79. The molecule has 1 N–H and O–H groups in total. The SMILES string of the molecule is Cc1ccccc1N1C(=O)c2ccccc2C1Nc1ccccc1C(F)(F)F. The quantitative estimate of drug-likeness (QED) is 0.622. The van der Waals surface area contributed by atoms with E-state index < -0.39 is 17.9 Å². The molecule has 3 nitrogen and oxygen atoms in total. The highest BCUT2D eigenvalue weighted by molar-refractivity contribution is 6.11. The van der Waals surface area contributed by atoms with Gasteiger partial charge in [-0.25, -0.2) is 0 Å². The van der Waals surface area contributed by atoms with Crippen LogP contribution in [0, 0.1) is 6.92 Å². The predicted octanol–water partition coefficient (Wildman–Crippen LogP) is 5.78. The summed E-state index contributed by atoms with van der Waals surface area (Å²) in [7, 11) is 0. The molecule has 6 heteroatoms. The Labute approximate surface area is 160 Å². The Morgan fingerprint density at radius 3 is 2.29 bits per heavy atom.